The van der Waals surface area contributed by atoms with Crippen LogP contribution >= 0.6 is 15.9 Å². The molecule has 0 bridgehead atoms. The third-order valence-corrected chi connectivity index (χ3v) is 3.42. The van der Waals surface area contributed by atoms with Gasteiger partial charge in [-0.1, -0.05) is 15.9 Å². The van der Waals surface area contributed by atoms with E-state index in [0.717, 1.165) is 18.9 Å². The Bertz CT molecular complexity index is 484. The molecular weight excluding hydrogens is 325 g/mol. The fourth-order valence-corrected chi connectivity index (χ4v) is 2.34. The molecule has 0 radical (unpaired) electrons. The van der Waals surface area contributed by atoms with Gasteiger partial charge < -0.3 is 10.2 Å². The minimum Gasteiger partial charge on any atom is -0.325 e. The Hall–Kier alpha value is -1.24. The number of halogens is 4. The second-order valence-corrected chi connectivity index (χ2v) is 5.23. The quantitative estimate of drug-likeness (QED) is 0.822. The van der Waals surface area contributed by atoms with E-state index in [1.165, 1.54) is 17.0 Å². The first-order valence-corrected chi connectivity index (χ1v) is 6.60. The summed E-state index contributed by atoms with van der Waals surface area (Å²) in [6.45, 7) is 1.17. The number of nitrogens with zero attached hydrogens (tertiary/aromatic N) is 1. The number of amides is 2. The summed E-state index contributed by atoms with van der Waals surface area (Å²) >= 11 is 3.00. The third kappa shape index (κ3) is 3.40. The van der Waals surface area contributed by atoms with Crippen LogP contribution in [0.4, 0.5) is 23.7 Å². The van der Waals surface area contributed by atoms with Crippen LogP contribution < -0.4 is 5.32 Å². The normalized spacial score (nSPS) is 15.7. The van der Waals surface area contributed by atoms with Crippen molar-refractivity contribution in [2.75, 3.05) is 18.4 Å². The molecule has 7 heteroatoms. The lowest BCUT2D eigenvalue weighted by Gasteiger charge is -2.19. The molecule has 1 aliphatic rings. The van der Waals surface area contributed by atoms with Crippen LogP contribution in [0.25, 0.3) is 0 Å². The standard InChI is InChI=1S/C12H12BrF3N2O/c13-8-3-4-10(9(7-8)12(14,15)16)17-11(19)18-5-1-2-6-18/h3-4,7H,1-2,5-6H2,(H,17,19). The van der Waals surface area contributed by atoms with Crippen molar-refractivity contribution in [3.63, 3.8) is 0 Å². The van der Waals surface area contributed by atoms with E-state index in [9.17, 15) is 18.0 Å². The van der Waals surface area contributed by atoms with E-state index in [2.05, 4.69) is 21.2 Å². The summed E-state index contributed by atoms with van der Waals surface area (Å²) in [5.74, 6) is 0. The van der Waals surface area contributed by atoms with Crippen molar-refractivity contribution in [3.05, 3.63) is 28.2 Å². The van der Waals surface area contributed by atoms with Gasteiger partial charge in [0.05, 0.1) is 11.3 Å². The van der Waals surface area contributed by atoms with E-state index >= 15 is 0 Å². The van der Waals surface area contributed by atoms with Crippen LogP contribution in [0.15, 0.2) is 22.7 Å². The summed E-state index contributed by atoms with van der Waals surface area (Å²) in [4.78, 5) is 13.3. The smallest absolute Gasteiger partial charge is 0.325 e. The van der Waals surface area contributed by atoms with Crippen molar-refractivity contribution in [2.24, 2.45) is 0 Å². The van der Waals surface area contributed by atoms with Gasteiger partial charge in [0.25, 0.3) is 0 Å². The molecule has 2 rings (SSSR count). The second kappa shape index (κ2) is 5.40. The Morgan fingerprint density at radius 3 is 2.47 bits per heavy atom. The van der Waals surface area contributed by atoms with Gasteiger partial charge in [-0.15, -0.1) is 0 Å². The van der Waals surface area contributed by atoms with Crippen LogP contribution in [0, 0.1) is 0 Å². The van der Waals surface area contributed by atoms with Gasteiger partial charge in [-0.25, -0.2) is 4.79 Å². The maximum absolute atomic E-state index is 12.9. The Morgan fingerprint density at radius 1 is 1.26 bits per heavy atom. The zero-order valence-electron chi connectivity index (χ0n) is 9.93. The summed E-state index contributed by atoms with van der Waals surface area (Å²) in [7, 11) is 0. The second-order valence-electron chi connectivity index (χ2n) is 4.31. The first-order valence-electron chi connectivity index (χ1n) is 5.80. The maximum Gasteiger partial charge on any atom is 0.418 e. The van der Waals surface area contributed by atoms with E-state index in [4.69, 9.17) is 0 Å². The van der Waals surface area contributed by atoms with Crippen LogP contribution in [-0.4, -0.2) is 24.0 Å². The lowest BCUT2D eigenvalue weighted by molar-refractivity contribution is -0.137. The Morgan fingerprint density at radius 2 is 1.89 bits per heavy atom. The van der Waals surface area contributed by atoms with Crippen LogP contribution in [0.5, 0.6) is 0 Å². The minimum atomic E-state index is -4.50. The van der Waals surface area contributed by atoms with Crippen molar-refractivity contribution in [1.29, 1.82) is 0 Å². The van der Waals surface area contributed by atoms with Gasteiger partial charge in [-0.05, 0) is 31.0 Å². The number of urea groups is 1. The lowest BCUT2D eigenvalue weighted by Crippen LogP contribution is -2.32. The van der Waals surface area contributed by atoms with Gasteiger partial charge in [0.15, 0.2) is 0 Å². The molecule has 1 heterocycles. The predicted octanol–water partition coefficient (Wildman–Crippen LogP) is 4.10. The third-order valence-electron chi connectivity index (χ3n) is 2.92. The number of benzene rings is 1. The first-order chi connectivity index (χ1) is 8.88. The van der Waals surface area contributed by atoms with Gasteiger partial charge in [0.1, 0.15) is 0 Å². The summed E-state index contributed by atoms with van der Waals surface area (Å²) < 4.78 is 38.9. The number of hydrogen-bond acceptors (Lipinski definition) is 1. The highest BCUT2D eigenvalue weighted by atomic mass is 79.9. The highest BCUT2D eigenvalue weighted by Crippen LogP contribution is 2.36. The van der Waals surface area contributed by atoms with Crippen molar-refractivity contribution < 1.29 is 18.0 Å². The summed E-state index contributed by atoms with van der Waals surface area (Å²) in [5, 5.41) is 2.33. The summed E-state index contributed by atoms with van der Waals surface area (Å²) in [5.41, 5.74) is -1.07. The molecule has 1 aromatic carbocycles. The molecular formula is C12H12BrF3N2O. The molecule has 3 nitrogen and oxygen atoms in total. The maximum atomic E-state index is 12.9. The molecule has 1 N–H and O–H groups in total. The lowest BCUT2D eigenvalue weighted by atomic mass is 10.1. The predicted molar refractivity (Wildman–Crippen MR) is 69.0 cm³/mol. The topological polar surface area (TPSA) is 32.3 Å². The largest absolute Gasteiger partial charge is 0.418 e. The molecule has 0 atom stereocenters. The highest BCUT2D eigenvalue weighted by Gasteiger charge is 2.34. The van der Waals surface area contributed by atoms with E-state index in [0.29, 0.717) is 17.6 Å². The minimum absolute atomic E-state index is 0.215. The summed E-state index contributed by atoms with van der Waals surface area (Å²) in [6.07, 6.45) is -2.73. The fourth-order valence-electron chi connectivity index (χ4n) is 1.97. The van der Waals surface area contributed by atoms with E-state index in [1.807, 2.05) is 0 Å². The molecule has 0 spiro atoms. The number of carbonyl (C=O) groups excluding carboxylic acids is 1. The number of anilines is 1. The number of hydrogen-bond donors (Lipinski definition) is 1. The average molecular weight is 337 g/mol. The number of carbonyl (C=O) groups is 1. The zero-order valence-corrected chi connectivity index (χ0v) is 11.5. The van der Waals surface area contributed by atoms with Gasteiger partial charge in [-0.2, -0.15) is 13.2 Å². The number of nitrogens with one attached hydrogen (secondary N) is 1. The molecule has 1 fully saturated rings. The summed E-state index contributed by atoms with van der Waals surface area (Å²) in [6, 6.07) is 3.19. The van der Waals surface area contributed by atoms with E-state index in [1.54, 1.807) is 0 Å². The monoisotopic (exact) mass is 336 g/mol. The molecule has 0 aliphatic carbocycles. The Kier molecular flexibility index (Phi) is 4.03. The van der Waals surface area contributed by atoms with Crippen molar-refractivity contribution >= 4 is 27.6 Å². The molecule has 0 aromatic heterocycles. The first kappa shape index (κ1) is 14.2. The SMILES string of the molecule is O=C(Nc1ccc(Br)cc1C(F)(F)F)N1CCCC1. The average Bonchev–Trinajstić information content (AvgIpc) is 2.83. The Labute approximate surface area is 116 Å². The van der Waals surface area contributed by atoms with Crippen molar-refractivity contribution in [2.45, 2.75) is 19.0 Å². The number of alkyl halides is 3. The Balaban J connectivity index is 2.22. The molecule has 2 amide bonds. The number of likely N-dealkylation sites (tertiary alicyclic amines) is 1. The highest BCUT2D eigenvalue weighted by molar-refractivity contribution is 9.10. The molecule has 19 heavy (non-hydrogen) atoms. The van der Waals surface area contributed by atoms with Crippen molar-refractivity contribution in [1.82, 2.24) is 4.90 Å². The molecule has 0 unspecified atom stereocenters. The molecule has 1 saturated heterocycles. The van der Waals surface area contributed by atoms with Crippen LogP contribution in [0.1, 0.15) is 18.4 Å². The van der Waals surface area contributed by atoms with E-state index < -0.39 is 17.8 Å². The fraction of sp³-hybridized carbons (Fsp3) is 0.417. The zero-order chi connectivity index (χ0) is 14.0. The van der Waals surface area contributed by atoms with Gasteiger partial charge in [0.2, 0.25) is 0 Å². The molecule has 1 aromatic rings. The number of rotatable bonds is 1. The molecule has 0 saturated carbocycles. The molecule has 104 valence electrons. The van der Waals surface area contributed by atoms with Gasteiger partial charge in [0, 0.05) is 17.6 Å². The van der Waals surface area contributed by atoms with Crippen molar-refractivity contribution in [3.8, 4) is 0 Å². The molecule has 1 aliphatic heterocycles. The van der Waals surface area contributed by atoms with Gasteiger partial charge >= 0.3 is 12.2 Å². The van der Waals surface area contributed by atoms with Crippen LogP contribution in [0.3, 0.4) is 0 Å². The van der Waals surface area contributed by atoms with E-state index in [-0.39, 0.29) is 5.69 Å². The van der Waals surface area contributed by atoms with Gasteiger partial charge in [-0.3, -0.25) is 0 Å². The van der Waals surface area contributed by atoms with Crippen LogP contribution in [-0.2, 0) is 6.18 Å². The van der Waals surface area contributed by atoms with Crippen LogP contribution in [0.2, 0.25) is 0 Å².